The predicted octanol–water partition coefficient (Wildman–Crippen LogP) is 2.05. The number of nitro groups is 1. The van der Waals surface area contributed by atoms with Crippen LogP contribution in [0.2, 0.25) is 5.02 Å². The molecule has 0 aromatic heterocycles. The van der Waals surface area contributed by atoms with Gasteiger partial charge in [0.05, 0.1) is 16.0 Å². The molecule has 1 aromatic rings. The molecule has 0 saturated heterocycles. The Hall–Kier alpha value is -1.09. The monoisotopic (exact) mass is 156 g/mol. The molecule has 0 fully saturated rings. The van der Waals surface area contributed by atoms with Crippen molar-refractivity contribution in [3.63, 3.8) is 0 Å². The van der Waals surface area contributed by atoms with Crippen LogP contribution in [0.25, 0.3) is 0 Å². The Balaban J connectivity index is 3.07. The minimum atomic E-state index is -0.536. The van der Waals surface area contributed by atoms with Crippen molar-refractivity contribution in [1.29, 1.82) is 0 Å². The average molecular weight is 157 g/mol. The van der Waals surface area contributed by atoms with Crippen LogP contribution in [0.4, 0.5) is 5.69 Å². The molecule has 0 N–H and O–H groups in total. The smallest absolute Gasteiger partial charge is 0.258 e. The van der Waals surface area contributed by atoms with Crippen molar-refractivity contribution in [1.82, 2.24) is 0 Å². The normalized spacial score (nSPS) is 9.30. The molecule has 0 amide bonds. The van der Waals surface area contributed by atoms with Crippen molar-refractivity contribution < 1.29 is 4.92 Å². The fraction of sp³-hybridized carbons (Fsp3) is 0. The number of non-ortho nitro benzene ring substituents is 1. The van der Waals surface area contributed by atoms with Crippen LogP contribution < -0.4 is 0 Å². The SMILES string of the molecule is O=[N+]([O-])c1[c]c(Cl)ccc1. The molecule has 0 saturated carbocycles. The zero-order valence-electron chi connectivity index (χ0n) is 4.87. The van der Waals surface area contributed by atoms with Crippen molar-refractivity contribution >= 4 is 17.3 Å². The van der Waals surface area contributed by atoms with E-state index < -0.39 is 4.92 Å². The molecule has 4 heteroatoms. The van der Waals surface area contributed by atoms with E-state index in [0.717, 1.165) is 0 Å². The average Bonchev–Trinajstić information content (AvgIpc) is 1.88. The van der Waals surface area contributed by atoms with E-state index in [1.165, 1.54) is 18.2 Å². The number of benzene rings is 1. The fourth-order valence-corrected chi connectivity index (χ4v) is 0.705. The molecule has 0 atom stereocenters. The lowest BCUT2D eigenvalue weighted by Gasteiger charge is -1.88. The summed E-state index contributed by atoms with van der Waals surface area (Å²) in [6.07, 6.45) is 0. The largest absolute Gasteiger partial charge is 0.279 e. The molecular weight excluding hydrogens is 154 g/mol. The van der Waals surface area contributed by atoms with Gasteiger partial charge in [0.1, 0.15) is 0 Å². The zero-order chi connectivity index (χ0) is 7.56. The Morgan fingerprint density at radius 2 is 2.30 bits per heavy atom. The second-order valence-electron chi connectivity index (χ2n) is 1.64. The maximum Gasteiger partial charge on any atom is 0.279 e. The van der Waals surface area contributed by atoms with Gasteiger partial charge in [-0.3, -0.25) is 10.1 Å². The van der Waals surface area contributed by atoms with Gasteiger partial charge in [-0.25, -0.2) is 0 Å². The summed E-state index contributed by atoms with van der Waals surface area (Å²) in [6.45, 7) is 0. The minimum absolute atomic E-state index is 0.104. The lowest BCUT2D eigenvalue weighted by molar-refractivity contribution is -0.385. The van der Waals surface area contributed by atoms with Gasteiger partial charge < -0.3 is 0 Å². The molecule has 1 rings (SSSR count). The fourth-order valence-electron chi connectivity index (χ4n) is 0.536. The quantitative estimate of drug-likeness (QED) is 0.461. The van der Waals surface area contributed by atoms with Gasteiger partial charge in [-0.05, 0) is 6.07 Å². The Morgan fingerprint density at radius 1 is 1.60 bits per heavy atom. The van der Waals surface area contributed by atoms with Crippen LogP contribution in [0, 0.1) is 16.2 Å². The molecule has 0 aliphatic carbocycles. The van der Waals surface area contributed by atoms with E-state index in [-0.39, 0.29) is 10.7 Å². The maximum absolute atomic E-state index is 10.1. The highest BCUT2D eigenvalue weighted by atomic mass is 35.5. The van der Waals surface area contributed by atoms with Crippen molar-refractivity contribution in [2.24, 2.45) is 0 Å². The summed E-state index contributed by atoms with van der Waals surface area (Å²) in [7, 11) is 0. The summed E-state index contributed by atoms with van der Waals surface area (Å²) >= 11 is 5.43. The second kappa shape index (κ2) is 2.66. The van der Waals surface area contributed by atoms with Gasteiger partial charge in [0, 0.05) is 6.07 Å². The molecule has 0 bridgehead atoms. The van der Waals surface area contributed by atoms with Gasteiger partial charge in [-0.15, -0.1) is 0 Å². The van der Waals surface area contributed by atoms with Gasteiger partial charge in [0.25, 0.3) is 5.69 Å². The lowest BCUT2D eigenvalue weighted by atomic mass is 10.3. The Labute approximate surface area is 62.4 Å². The van der Waals surface area contributed by atoms with Crippen LogP contribution in [0.5, 0.6) is 0 Å². The standard InChI is InChI=1S/C6H3ClNO2/c7-5-2-1-3-6(4-5)8(9)10/h1-3H. The zero-order valence-corrected chi connectivity index (χ0v) is 5.63. The molecule has 0 aliphatic rings. The summed E-state index contributed by atoms with van der Waals surface area (Å²) in [5.41, 5.74) is -0.104. The van der Waals surface area contributed by atoms with E-state index in [4.69, 9.17) is 11.6 Å². The van der Waals surface area contributed by atoms with Gasteiger partial charge in [0.2, 0.25) is 0 Å². The van der Waals surface area contributed by atoms with Crippen molar-refractivity contribution in [2.45, 2.75) is 0 Å². The predicted molar refractivity (Wildman–Crippen MR) is 36.9 cm³/mol. The molecular formula is C6H3ClNO2. The van der Waals surface area contributed by atoms with Crippen molar-refractivity contribution in [3.8, 4) is 0 Å². The van der Waals surface area contributed by atoms with Crippen LogP contribution in [0.3, 0.4) is 0 Å². The van der Waals surface area contributed by atoms with E-state index in [2.05, 4.69) is 6.07 Å². The number of nitrogens with zero attached hydrogens (tertiary/aromatic N) is 1. The molecule has 10 heavy (non-hydrogen) atoms. The highest BCUT2D eigenvalue weighted by molar-refractivity contribution is 6.30. The van der Waals surface area contributed by atoms with Gasteiger partial charge >= 0.3 is 0 Å². The first kappa shape index (κ1) is 7.02. The van der Waals surface area contributed by atoms with Crippen LogP contribution >= 0.6 is 11.6 Å². The topological polar surface area (TPSA) is 43.1 Å². The van der Waals surface area contributed by atoms with E-state index in [9.17, 15) is 10.1 Å². The lowest BCUT2D eigenvalue weighted by Crippen LogP contribution is -1.86. The number of hydrogen-bond donors (Lipinski definition) is 0. The van der Waals surface area contributed by atoms with Crippen LogP contribution in [0.1, 0.15) is 0 Å². The minimum Gasteiger partial charge on any atom is -0.258 e. The molecule has 3 nitrogen and oxygen atoms in total. The number of hydrogen-bond acceptors (Lipinski definition) is 2. The summed E-state index contributed by atoms with van der Waals surface area (Å²) in [5.74, 6) is 0. The second-order valence-corrected chi connectivity index (χ2v) is 2.05. The first-order valence-electron chi connectivity index (χ1n) is 2.52. The van der Waals surface area contributed by atoms with Crippen LogP contribution in [0.15, 0.2) is 18.2 Å². The van der Waals surface area contributed by atoms with Gasteiger partial charge in [0.15, 0.2) is 0 Å². The van der Waals surface area contributed by atoms with Gasteiger partial charge in [-0.1, -0.05) is 17.7 Å². The molecule has 0 aliphatic heterocycles. The molecule has 51 valence electrons. The summed E-state index contributed by atoms with van der Waals surface area (Å²) < 4.78 is 0. The molecule has 0 spiro atoms. The van der Waals surface area contributed by atoms with E-state index in [1.807, 2.05) is 0 Å². The summed E-state index contributed by atoms with van der Waals surface area (Å²) in [4.78, 5) is 9.53. The van der Waals surface area contributed by atoms with Gasteiger partial charge in [-0.2, -0.15) is 0 Å². The van der Waals surface area contributed by atoms with E-state index in [1.54, 1.807) is 0 Å². The van der Waals surface area contributed by atoms with E-state index >= 15 is 0 Å². The third-order valence-corrected chi connectivity index (χ3v) is 1.16. The Bertz CT molecular complexity index is 262. The highest BCUT2D eigenvalue weighted by Crippen LogP contribution is 2.15. The third-order valence-electron chi connectivity index (χ3n) is 0.941. The first-order valence-corrected chi connectivity index (χ1v) is 2.90. The molecule has 0 heterocycles. The molecule has 0 unspecified atom stereocenters. The Kier molecular flexibility index (Phi) is 1.87. The Morgan fingerprint density at radius 3 is 2.70 bits per heavy atom. The van der Waals surface area contributed by atoms with Crippen molar-refractivity contribution in [3.05, 3.63) is 39.4 Å². The van der Waals surface area contributed by atoms with Crippen molar-refractivity contribution in [2.75, 3.05) is 0 Å². The summed E-state index contributed by atoms with van der Waals surface area (Å²) in [5, 5.41) is 10.3. The van der Waals surface area contributed by atoms with Crippen LogP contribution in [-0.2, 0) is 0 Å². The summed E-state index contributed by atoms with van der Waals surface area (Å²) in [6, 6.07) is 6.76. The number of halogens is 1. The molecule has 1 radical (unpaired) electrons. The maximum atomic E-state index is 10.1. The molecule has 1 aromatic carbocycles. The van der Waals surface area contributed by atoms with E-state index in [0.29, 0.717) is 0 Å². The highest BCUT2D eigenvalue weighted by Gasteiger charge is 2.03. The third kappa shape index (κ3) is 1.45. The first-order chi connectivity index (χ1) is 4.70. The number of nitro benzene ring substituents is 1. The number of rotatable bonds is 1. The van der Waals surface area contributed by atoms with Crippen LogP contribution in [-0.4, -0.2) is 4.92 Å².